The van der Waals surface area contributed by atoms with Crippen molar-refractivity contribution >= 4 is 50.7 Å². The molecule has 0 aromatic heterocycles. The molecule has 3 aromatic rings. The summed E-state index contributed by atoms with van der Waals surface area (Å²) in [7, 11) is -2.70. The lowest BCUT2D eigenvalue weighted by molar-refractivity contribution is -0.140. The van der Waals surface area contributed by atoms with Gasteiger partial charge in [-0.1, -0.05) is 53.9 Å². The number of aryl methyl sites for hydroxylation is 1. The van der Waals surface area contributed by atoms with E-state index in [1.807, 2.05) is 20.8 Å². The van der Waals surface area contributed by atoms with Gasteiger partial charge in [0.15, 0.2) is 0 Å². The molecule has 41 heavy (non-hydrogen) atoms. The highest BCUT2D eigenvalue weighted by molar-refractivity contribution is 7.92. The van der Waals surface area contributed by atoms with Crippen molar-refractivity contribution in [2.45, 2.75) is 57.6 Å². The maximum absolute atomic E-state index is 14.1. The van der Waals surface area contributed by atoms with E-state index in [0.717, 1.165) is 9.87 Å². The van der Waals surface area contributed by atoms with E-state index in [-0.39, 0.29) is 23.4 Å². The third kappa shape index (κ3) is 8.15. The second-order valence-electron chi connectivity index (χ2n) is 9.88. The average molecular weight is 621 g/mol. The number of benzene rings is 3. The van der Waals surface area contributed by atoms with Crippen LogP contribution in [0, 0.1) is 6.92 Å². The van der Waals surface area contributed by atoms with Crippen LogP contribution in [0.2, 0.25) is 10.0 Å². The van der Waals surface area contributed by atoms with E-state index in [1.165, 1.54) is 24.1 Å². The molecular formula is C30H35Cl2N3O5S. The Bertz CT molecular complexity index is 1460. The van der Waals surface area contributed by atoms with Crippen molar-refractivity contribution in [3.63, 3.8) is 0 Å². The van der Waals surface area contributed by atoms with E-state index in [2.05, 4.69) is 5.32 Å². The van der Waals surface area contributed by atoms with Gasteiger partial charge < -0.3 is 15.0 Å². The first-order chi connectivity index (χ1) is 19.4. The van der Waals surface area contributed by atoms with Gasteiger partial charge in [-0.25, -0.2) is 8.42 Å². The Morgan fingerprint density at radius 1 is 0.951 bits per heavy atom. The molecule has 8 nitrogen and oxygen atoms in total. The third-order valence-electron chi connectivity index (χ3n) is 6.40. The maximum atomic E-state index is 14.1. The zero-order chi connectivity index (χ0) is 30.3. The molecule has 1 atom stereocenters. The number of hydrogen-bond acceptors (Lipinski definition) is 5. The summed E-state index contributed by atoms with van der Waals surface area (Å²) in [6.45, 7) is 6.82. The molecule has 0 spiro atoms. The van der Waals surface area contributed by atoms with Gasteiger partial charge in [0, 0.05) is 12.6 Å². The predicted molar refractivity (Wildman–Crippen MR) is 163 cm³/mol. The number of halogens is 2. The molecule has 0 unspecified atom stereocenters. The average Bonchev–Trinajstić information content (AvgIpc) is 2.93. The minimum absolute atomic E-state index is 0.00713. The molecule has 2 amide bonds. The molecule has 0 bridgehead atoms. The fourth-order valence-electron chi connectivity index (χ4n) is 4.25. The van der Waals surface area contributed by atoms with Crippen molar-refractivity contribution in [2.75, 3.05) is 18.0 Å². The van der Waals surface area contributed by atoms with Gasteiger partial charge in [-0.15, -0.1) is 0 Å². The number of nitrogens with one attached hydrogen (secondary N) is 1. The van der Waals surface area contributed by atoms with Crippen LogP contribution in [-0.2, 0) is 26.2 Å². The van der Waals surface area contributed by atoms with E-state index in [4.69, 9.17) is 27.9 Å². The highest BCUT2D eigenvalue weighted by atomic mass is 35.5. The summed E-state index contributed by atoms with van der Waals surface area (Å²) in [5.41, 5.74) is 1.89. The van der Waals surface area contributed by atoms with Gasteiger partial charge in [0.2, 0.25) is 11.8 Å². The zero-order valence-electron chi connectivity index (χ0n) is 23.7. The largest absolute Gasteiger partial charge is 0.497 e. The highest BCUT2D eigenvalue weighted by Crippen LogP contribution is 2.27. The van der Waals surface area contributed by atoms with Gasteiger partial charge in [-0.2, -0.15) is 0 Å². The number of hydrogen-bond donors (Lipinski definition) is 1. The van der Waals surface area contributed by atoms with Gasteiger partial charge in [0.05, 0.1) is 27.7 Å². The second kappa shape index (κ2) is 14.1. The van der Waals surface area contributed by atoms with Crippen LogP contribution in [0.4, 0.5) is 5.69 Å². The number of sulfonamides is 1. The summed E-state index contributed by atoms with van der Waals surface area (Å²) in [6.07, 6.45) is 0.307. The van der Waals surface area contributed by atoms with Crippen molar-refractivity contribution in [3.8, 4) is 5.75 Å². The quantitative estimate of drug-likeness (QED) is 0.275. The first-order valence-corrected chi connectivity index (χ1v) is 15.3. The summed E-state index contributed by atoms with van der Waals surface area (Å²) in [6, 6.07) is 16.7. The van der Waals surface area contributed by atoms with Crippen LogP contribution in [-0.4, -0.2) is 50.9 Å². The molecule has 0 aliphatic heterocycles. The summed E-state index contributed by atoms with van der Waals surface area (Å²) < 4.78 is 34.1. The maximum Gasteiger partial charge on any atom is 0.264 e. The Morgan fingerprint density at radius 3 is 2.12 bits per heavy atom. The van der Waals surface area contributed by atoms with Gasteiger partial charge in [0.25, 0.3) is 10.0 Å². The minimum Gasteiger partial charge on any atom is -0.497 e. The third-order valence-corrected chi connectivity index (χ3v) is 8.93. The lowest BCUT2D eigenvalue weighted by Gasteiger charge is -2.33. The molecule has 11 heteroatoms. The molecule has 0 aliphatic carbocycles. The zero-order valence-corrected chi connectivity index (χ0v) is 26.1. The highest BCUT2D eigenvalue weighted by Gasteiger charge is 2.34. The molecule has 3 rings (SSSR count). The van der Waals surface area contributed by atoms with Crippen molar-refractivity contribution in [1.82, 2.24) is 10.2 Å². The van der Waals surface area contributed by atoms with Crippen molar-refractivity contribution in [1.29, 1.82) is 0 Å². The summed E-state index contributed by atoms with van der Waals surface area (Å²) in [5, 5.41) is 3.53. The number of anilines is 1. The Kier molecular flexibility index (Phi) is 11.1. The summed E-state index contributed by atoms with van der Waals surface area (Å²) in [4.78, 5) is 28.7. The van der Waals surface area contributed by atoms with Crippen molar-refractivity contribution in [2.24, 2.45) is 0 Å². The number of nitrogens with zero attached hydrogens (tertiary/aromatic N) is 2. The molecule has 0 radical (unpaired) electrons. The molecule has 0 saturated heterocycles. The van der Waals surface area contributed by atoms with E-state index < -0.39 is 28.5 Å². The molecule has 3 aromatic carbocycles. The van der Waals surface area contributed by atoms with Crippen molar-refractivity contribution < 1.29 is 22.7 Å². The van der Waals surface area contributed by atoms with E-state index >= 15 is 0 Å². The number of rotatable bonds is 12. The first kappa shape index (κ1) is 32.2. The molecule has 220 valence electrons. The van der Waals surface area contributed by atoms with Crippen LogP contribution >= 0.6 is 23.2 Å². The number of methoxy groups -OCH3 is 1. The molecule has 0 saturated carbocycles. The van der Waals surface area contributed by atoms with E-state index in [1.54, 1.807) is 61.5 Å². The molecule has 0 heterocycles. The smallest absolute Gasteiger partial charge is 0.264 e. The normalized spacial score (nSPS) is 12.1. The Labute approximate surface area is 252 Å². The molecule has 0 fully saturated rings. The standard InChI is InChI=1S/C30H35Cl2N3O5S/c1-6-28(30(37)33-20(2)3)34(18-22-9-16-26(31)27(32)17-22)29(36)19-35(23-10-7-21(4)8-11-23)41(38,39)25-14-12-24(40-5)13-15-25/h7-17,20,28H,6,18-19H2,1-5H3,(H,33,37)/t28-/m1/s1. The topological polar surface area (TPSA) is 96.0 Å². The van der Waals surface area contributed by atoms with E-state index in [9.17, 15) is 18.0 Å². The van der Waals surface area contributed by atoms with Gasteiger partial charge in [-0.05, 0) is 81.3 Å². The van der Waals surface area contributed by atoms with Crippen LogP contribution in [0.25, 0.3) is 0 Å². The lowest BCUT2D eigenvalue weighted by atomic mass is 10.1. The number of amides is 2. The van der Waals surface area contributed by atoms with E-state index in [0.29, 0.717) is 33.5 Å². The monoisotopic (exact) mass is 619 g/mol. The van der Waals surface area contributed by atoms with Crippen LogP contribution in [0.5, 0.6) is 5.75 Å². The molecule has 1 N–H and O–H groups in total. The second-order valence-corrected chi connectivity index (χ2v) is 12.6. The predicted octanol–water partition coefficient (Wildman–Crippen LogP) is 5.84. The summed E-state index contributed by atoms with van der Waals surface area (Å²) in [5.74, 6) is -0.396. The number of ether oxygens (including phenoxy) is 1. The number of carbonyl (C=O) groups is 2. The minimum atomic E-state index is -4.19. The Morgan fingerprint density at radius 2 is 1.59 bits per heavy atom. The fraction of sp³-hybridized carbons (Fsp3) is 0.333. The fourth-order valence-corrected chi connectivity index (χ4v) is 5.98. The summed E-state index contributed by atoms with van der Waals surface area (Å²) >= 11 is 12.3. The van der Waals surface area contributed by atoms with Gasteiger partial charge >= 0.3 is 0 Å². The molecule has 0 aliphatic rings. The van der Waals surface area contributed by atoms with Gasteiger partial charge in [-0.3, -0.25) is 13.9 Å². The Balaban J connectivity index is 2.07. The lowest BCUT2D eigenvalue weighted by Crippen LogP contribution is -2.53. The van der Waals surface area contributed by atoms with Crippen molar-refractivity contribution in [3.05, 3.63) is 87.9 Å². The molecular weight excluding hydrogens is 585 g/mol. The van der Waals surface area contributed by atoms with Crippen LogP contribution in [0.15, 0.2) is 71.6 Å². The SMILES string of the molecule is CC[C@H](C(=O)NC(C)C)N(Cc1ccc(Cl)c(Cl)c1)C(=O)CN(c1ccc(C)cc1)S(=O)(=O)c1ccc(OC)cc1. The Hall–Kier alpha value is -3.27. The van der Waals surface area contributed by atoms with Crippen LogP contribution < -0.4 is 14.4 Å². The van der Waals surface area contributed by atoms with Gasteiger partial charge in [0.1, 0.15) is 18.3 Å². The first-order valence-electron chi connectivity index (χ1n) is 13.1. The number of carbonyl (C=O) groups excluding carboxylic acids is 2. The van der Waals surface area contributed by atoms with Crippen LogP contribution in [0.1, 0.15) is 38.3 Å². The van der Waals surface area contributed by atoms with Crippen LogP contribution in [0.3, 0.4) is 0 Å².